The van der Waals surface area contributed by atoms with Gasteiger partial charge in [-0.3, -0.25) is 4.79 Å². The highest BCUT2D eigenvalue weighted by atomic mass is 16.8. The van der Waals surface area contributed by atoms with E-state index < -0.39 is 5.79 Å². The molecule has 2 bridgehead atoms. The summed E-state index contributed by atoms with van der Waals surface area (Å²) in [6, 6.07) is 0. The van der Waals surface area contributed by atoms with Crippen molar-refractivity contribution in [2.24, 2.45) is 45.3 Å². The molecule has 1 spiro atoms. The predicted molar refractivity (Wildman–Crippen MR) is 148 cm³/mol. The van der Waals surface area contributed by atoms with E-state index in [0.29, 0.717) is 35.2 Å². The van der Waals surface area contributed by atoms with E-state index in [9.17, 15) is 4.79 Å². The largest absolute Gasteiger partial charge is 0.464 e. The van der Waals surface area contributed by atoms with Crippen LogP contribution in [0.2, 0.25) is 0 Å². The number of carbonyl (C=O) groups excluding carboxylic acids is 1. The smallest absolute Gasteiger partial charge is 0.293 e. The molecule has 0 aromatic heterocycles. The number of hydrogen-bond donors (Lipinski definition) is 0. The van der Waals surface area contributed by atoms with Crippen LogP contribution in [0, 0.1) is 45.3 Å². The van der Waals surface area contributed by atoms with Crippen molar-refractivity contribution in [2.45, 2.75) is 144 Å². The van der Waals surface area contributed by atoms with Crippen LogP contribution in [0.5, 0.6) is 0 Å². The van der Waals surface area contributed by atoms with Crippen LogP contribution in [0.3, 0.4) is 0 Å². The summed E-state index contributed by atoms with van der Waals surface area (Å²) in [6.07, 6.45) is 12.7. The molecule has 6 aliphatic rings. The zero-order valence-electron chi connectivity index (χ0n) is 25.4. The Balaban J connectivity index is 0.000000154. The lowest BCUT2D eigenvalue weighted by atomic mass is 9.48. The maximum Gasteiger partial charge on any atom is 0.293 e. The fourth-order valence-corrected chi connectivity index (χ4v) is 11.1. The van der Waals surface area contributed by atoms with E-state index in [4.69, 9.17) is 14.2 Å². The summed E-state index contributed by atoms with van der Waals surface area (Å²) in [7, 11) is 0. The molecule has 0 aromatic rings. The number of rotatable bonds is 2. The third-order valence-corrected chi connectivity index (χ3v) is 13.4. The first-order valence-corrected chi connectivity index (χ1v) is 15.2. The van der Waals surface area contributed by atoms with Crippen molar-refractivity contribution in [3.8, 4) is 0 Å². The average Bonchev–Trinajstić information content (AvgIpc) is 3.32. The van der Waals surface area contributed by atoms with E-state index in [1.165, 1.54) is 37.7 Å². The number of hydrogen-bond acceptors (Lipinski definition) is 4. The van der Waals surface area contributed by atoms with Crippen LogP contribution in [0.25, 0.3) is 0 Å². The van der Waals surface area contributed by atoms with E-state index in [1.807, 2.05) is 0 Å². The van der Waals surface area contributed by atoms with Gasteiger partial charge in [-0.15, -0.1) is 0 Å². The lowest BCUT2D eigenvalue weighted by molar-refractivity contribution is -0.177. The van der Waals surface area contributed by atoms with Gasteiger partial charge in [0.25, 0.3) is 6.47 Å². The number of allylic oxidation sites excluding steroid dienone is 2. The molecule has 0 N–H and O–H groups in total. The Morgan fingerprint density at radius 2 is 1.65 bits per heavy atom. The van der Waals surface area contributed by atoms with Gasteiger partial charge < -0.3 is 14.2 Å². The second-order valence-corrected chi connectivity index (χ2v) is 15.7. The van der Waals surface area contributed by atoms with Crippen molar-refractivity contribution in [1.29, 1.82) is 0 Å². The fraction of sp³-hybridized carbons (Fsp3) is 0.909. The molecular formula is C33H54O4. The summed E-state index contributed by atoms with van der Waals surface area (Å²) in [6.45, 7) is 23.8. The van der Waals surface area contributed by atoms with Gasteiger partial charge >= 0.3 is 0 Å². The van der Waals surface area contributed by atoms with Gasteiger partial charge in [0.05, 0.1) is 11.7 Å². The van der Waals surface area contributed by atoms with Crippen molar-refractivity contribution >= 4 is 6.47 Å². The normalized spacial score (nSPS) is 52.6. The molecule has 0 amide bonds. The van der Waals surface area contributed by atoms with Crippen molar-refractivity contribution in [1.82, 2.24) is 0 Å². The van der Waals surface area contributed by atoms with Crippen LogP contribution >= 0.6 is 0 Å². The summed E-state index contributed by atoms with van der Waals surface area (Å²) in [5.74, 6) is 2.43. The highest BCUT2D eigenvalue weighted by Gasteiger charge is 2.73. The quantitative estimate of drug-likeness (QED) is 0.276. The van der Waals surface area contributed by atoms with E-state index >= 15 is 0 Å². The molecule has 1 aliphatic heterocycles. The first-order valence-electron chi connectivity index (χ1n) is 15.2. The molecule has 210 valence electrons. The minimum atomic E-state index is -0.409. The maximum absolute atomic E-state index is 10.8. The minimum absolute atomic E-state index is 0.0717. The number of fused-ring (bicyclic) bond motifs is 4. The summed E-state index contributed by atoms with van der Waals surface area (Å²) in [4.78, 5) is 10.8. The van der Waals surface area contributed by atoms with Gasteiger partial charge in [-0.25, -0.2) is 0 Å². The summed E-state index contributed by atoms with van der Waals surface area (Å²) < 4.78 is 18.3. The zero-order valence-corrected chi connectivity index (χ0v) is 25.4. The van der Waals surface area contributed by atoms with Gasteiger partial charge in [0, 0.05) is 5.41 Å². The molecule has 10 atom stereocenters. The van der Waals surface area contributed by atoms with Crippen molar-refractivity contribution in [2.75, 3.05) is 0 Å². The Labute approximate surface area is 226 Å². The topological polar surface area (TPSA) is 44.8 Å². The zero-order chi connectivity index (χ0) is 27.2. The summed E-state index contributed by atoms with van der Waals surface area (Å²) in [5, 5.41) is 0. The first-order chi connectivity index (χ1) is 17.1. The Hall–Kier alpha value is -0.870. The standard InChI is InChI=1S/C18H30O2.C15H24O2/c1-11-7-8-12-15(2,3)13-9-18(11,12)10-14-17(13,6)20-16(4,5)19-14;1-11-7-9-14(3)12(2)6-5-8-15(14,4)13(11)17-10-16/h11-14H,7-10H2,1-6H3;6,10-11,13H,5,7-9H2,1-4H3/t11-,12+,13-,14?,17?,18-;/m1./s1. The van der Waals surface area contributed by atoms with Crippen LogP contribution in [-0.4, -0.2) is 30.1 Å². The highest BCUT2D eigenvalue weighted by Crippen LogP contribution is 2.75. The molecule has 4 nitrogen and oxygen atoms in total. The van der Waals surface area contributed by atoms with E-state index in [0.717, 1.165) is 31.1 Å². The van der Waals surface area contributed by atoms with Gasteiger partial charge in [0.15, 0.2) is 5.79 Å². The molecule has 5 fully saturated rings. The van der Waals surface area contributed by atoms with Crippen molar-refractivity contribution in [3.63, 3.8) is 0 Å². The second kappa shape index (κ2) is 8.56. The van der Waals surface area contributed by atoms with Gasteiger partial charge in [0.2, 0.25) is 0 Å². The molecular weight excluding hydrogens is 460 g/mol. The lowest BCUT2D eigenvalue weighted by Crippen LogP contribution is -2.55. The Bertz CT molecular complexity index is 952. The fourth-order valence-electron chi connectivity index (χ4n) is 11.1. The van der Waals surface area contributed by atoms with Crippen molar-refractivity contribution in [3.05, 3.63) is 11.6 Å². The van der Waals surface area contributed by atoms with Crippen LogP contribution in [-0.2, 0) is 19.0 Å². The van der Waals surface area contributed by atoms with Gasteiger partial charge in [0.1, 0.15) is 6.10 Å². The predicted octanol–water partition coefficient (Wildman–Crippen LogP) is 8.09. The molecule has 1 heterocycles. The van der Waals surface area contributed by atoms with Crippen LogP contribution in [0.15, 0.2) is 11.6 Å². The second-order valence-electron chi connectivity index (χ2n) is 15.7. The summed E-state index contributed by atoms with van der Waals surface area (Å²) in [5.41, 5.74) is 2.62. The highest BCUT2D eigenvalue weighted by molar-refractivity contribution is 5.38. The van der Waals surface area contributed by atoms with E-state index in [2.05, 4.69) is 75.3 Å². The first kappa shape index (κ1) is 27.7. The Morgan fingerprint density at radius 1 is 0.946 bits per heavy atom. The Morgan fingerprint density at radius 3 is 2.32 bits per heavy atom. The molecule has 0 radical (unpaired) electrons. The maximum atomic E-state index is 10.8. The molecule has 0 aromatic carbocycles. The molecule has 37 heavy (non-hydrogen) atoms. The lowest BCUT2D eigenvalue weighted by Gasteiger charge is -2.58. The molecule has 4 heteroatoms. The van der Waals surface area contributed by atoms with E-state index in [-0.39, 0.29) is 22.5 Å². The van der Waals surface area contributed by atoms with Crippen LogP contribution in [0.4, 0.5) is 0 Å². The average molecular weight is 515 g/mol. The SMILES string of the molecule is CC1=CCCC2(C)C(OC=O)C(C)CCC12C.C[C@@H]1CC[C@H]2C(C)(C)[C@H]3C[C@@]12CC1OC(C)(C)OC13C. The van der Waals surface area contributed by atoms with Crippen LogP contribution in [0.1, 0.15) is 121 Å². The third-order valence-electron chi connectivity index (χ3n) is 13.4. The number of ether oxygens (including phenoxy) is 3. The molecule has 4 saturated carbocycles. The van der Waals surface area contributed by atoms with Gasteiger partial charge in [-0.2, -0.15) is 0 Å². The van der Waals surface area contributed by atoms with Gasteiger partial charge in [-0.05, 0) is 119 Å². The Kier molecular flexibility index (Phi) is 6.41. The molecule has 5 aliphatic carbocycles. The van der Waals surface area contributed by atoms with Gasteiger partial charge in [-0.1, -0.05) is 53.2 Å². The minimum Gasteiger partial charge on any atom is -0.464 e. The molecule has 1 saturated heterocycles. The van der Waals surface area contributed by atoms with E-state index in [1.54, 1.807) is 0 Å². The van der Waals surface area contributed by atoms with Crippen LogP contribution < -0.4 is 0 Å². The summed E-state index contributed by atoms with van der Waals surface area (Å²) >= 11 is 0. The molecule has 6 unspecified atom stereocenters. The van der Waals surface area contributed by atoms with Crippen molar-refractivity contribution < 1.29 is 19.0 Å². The molecule has 6 rings (SSSR count). The third kappa shape index (κ3) is 3.70. The monoisotopic (exact) mass is 514 g/mol. The number of carbonyl (C=O) groups is 1.